The highest BCUT2D eigenvalue weighted by Gasteiger charge is 2.21. The van der Waals surface area contributed by atoms with Crippen molar-refractivity contribution in [2.45, 2.75) is 37.8 Å². The molecule has 0 atom stereocenters. The Morgan fingerprint density at radius 3 is 2.73 bits per heavy atom. The highest BCUT2D eigenvalue weighted by Crippen LogP contribution is 2.27. The van der Waals surface area contributed by atoms with Gasteiger partial charge < -0.3 is 10.4 Å². The first-order valence-electron chi connectivity index (χ1n) is 8.83. The topological polar surface area (TPSA) is 78.0 Å². The minimum Gasteiger partial charge on any atom is -0.393 e. The molecule has 1 heterocycles. The Balaban J connectivity index is 1.60. The first-order valence-corrected chi connectivity index (χ1v) is 8.83. The summed E-state index contributed by atoms with van der Waals surface area (Å²) in [5, 5.41) is 20.6. The Morgan fingerprint density at radius 1 is 1.15 bits per heavy atom. The van der Waals surface area contributed by atoms with Gasteiger partial charge in [-0.05, 0) is 56.0 Å². The van der Waals surface area contributed by atoms with Crippen molar-refractivity contribution in [1.29, 1.82) is 0 Å². The van der Waals surface area contributed by atoms with Gasteiger partial charge in [-0.1, -0.05) is 12.1 Å². The van der Waals surface area contributed by atoms with E-state index in [-0.39, 0.29) is 23.9 Å². The number of fused-ring (bicyclic) bond motifs is 1. The van der Waals surface area contributed by atoms with Crippen molar-refractivity contribution in [3.05, 3.63) is 53.8 Å². The van der Waals surface area contributed by atoms with E-state index >= 15 is 0 Å². The number of hydrogen-bond acceptors (Lipinski definition) is 3. The lowest BCUT2D eigenvalue weighted by Gasteiger charge is -2.26. The number of nitrogens with zero attached hydrogens (tertiary/aromatic N) is 1. The fraction of sp³-hybridized carbons (Fsp3) is 0.300. The number of aromatic amines is 1. The number of rotatable bonds is 3. The maximum absolute atomic E-state index is 13.5. The molecule has 1 saturated carbocycles. The number of nitrogens with one attached hydrogen (secondary N) is 2. The lowest BCUT2D eigenvalue weighted by atomic mass is 9.93. The summed E-state index contributed by atoms with van der Waals surface area (Å²) in [5.41, 5.74) is 2.62. The highest BCUT2D eigenvalue weighted by atomic mass is 19.1. The molecule has 0 aliphatic heterocycles. The first kappa shape index (κ1) is 16.7. The summed E-state index contributed by atoms with van der Waals surface area (Å²) in [4.78, 5) is 12.6. The zero-order valence-electron chi connectivity index (χ0n) is 14.2. The Hall–Kier alpha value is -2.73. The molecular weight excluding hydrogens is 333 g/mol. The number of benzene rings is 2. The Kier molecular flexibility index (Phi) is 4.42. The van der Waals surface area contributed by atoms with Crippen LogP contribution < -0.4 is 5.32 Å². The van der Waals surface area contributed by atoms with E-state index < -0.39 is 0 Å². The predicted molar refractivity (Wildman–Crippen MR) is 97.2 cm³/mol. The van der Waals surface area contributed by atoms with Crippen LogP contribution in [0.4, 0.5) is 4.39 Å². The first-order chi connectivity index (χ1) is 12.6. The number of aromatic nitrogens is 2. The molecule has 3 aromatic rings. The summed E-state index contributed by atoms with van der Waals surface area (Å²) in [7, 11) is 0. The summed E-state index contributed by atoms with van der Waals surface area (Å²) in [5.74, 6) is -0.466. The van der Waals surface area contributed by atoms with Crippen molar-refractivity contribution in [2.24, 2.45) is 0 Å². The van der Waals surface area contributed by atoms with Gasteiger partial charge in [-0.2, -0.15) is 5.10 Å². The molecular formula is C20H20FN3O2. The van der Waals surface area contributed by atoms with E-state index in [1.807, 2.05) is 6.07 Å². The second kappa shape index (κ2) is 6.88. The van der Waals surface area contributed by atoms with Crippen molar-refractivity contribution in [3.63, 3.8) is 0 Å². The zero-order valence-corrected chi connectivity index (χ0v) is 14.2. The van der Waals surface area contributed by atoms with Gasteiger partial charge in [0.05, 0.1) is 11.6 Å². The van der Waals surface area contributed by atoms with Crippen LogP contribution in [-0.2, 0) is 0 Å². The number of aliphatic hydroxyl groups is 1. The largest absolute Gasteiger partial charge is 0.393 e. The van der Waals surface area contributed by atoms with Gasteiger partial charge in [-0.25, -0.2) is 4.39 Å². The lowest BCUT2D eigenvalue weighted by Crippen LogP contribution is -2.38. The highest BCUT2D eigenvalue weighted by molar-refractivity contribution is 6.01. The SMILES string of the molecule is O=C(NC1CCC(O)CC1)c1ccc2[nH]nc(-c3cccc(F)c3)c2c1. The lowest BCUT2D eigenvalue weighted by molar-refractivity contribution is 0.0868. The van der Waals surface area contributed by atoms with Crippen LogP contribution in [0.5, 0.6) is 0 Å². The number of carbonyl (C=O) groups excluding carboxylic acids is 1. The van der Waals surface area contributed by atoms with Crippen molar-refractivity contribution >= 4 is 16.8 Å². The van der Waals surface area contributed by atoms with E-state index in [0.29, 0.717) is 16.8 Å². The van der Waals surface area contributed by atoms with Gasteiger partial charge in [0, 0.05) is 22.6 Å². The molecule has 26 heavy (non-hydrogen) atoms. The van der Waals surface area contributed by atoms with Gasteiger partial charge in [-0.15, -0.1) is 0 Å². The van der Waals surface area contributed by atoms with Crippen LogP contribution in [0.15, 0.2) is 42.5 Å². The summed E-state index contributed by atoms with van der Waals surface area (Å²) in [6, 6.07) is 11.7. The minimum absolute atomic E-state index is 0.0913. The van der Waals surface area contributed by atoms with Crippen LogP contribution in [0.2, 0.25) is 0 Å². The Labute approximate surface area is 150 Å². The van der Waals surface area contributed by atoms with Crippen LogP contribution in [-0.4, -0.2) is 33.4 Å². The number of H-pyrrole nitrogens is 1. The molecule has 1 fully saturated rings. The molecule has 1 aliphatic carbocycles. The molecule has 1 aliphatic rings. The monoisotopic (exact) mass is 353 g/mol. The average molecular weight is 353 g/mol. The fourth-order valence-corrected chi connectivity index (χ4v) is 3.50. The van der Waals surface area contributed by atoms with Crippen LogP contribution in [0.25, 0.3) is 22.2 Å². The van der Waals surface area contributed by atoms with Gasteiger partial charge in [0.1, 0.15) is 11.5 Å². The van der Waals surface area contributed by atoms with E-state index in [1.54, 1.807) is 24.3 Å². The molecule has 4 rings (SSSR count). The summed E-state index contributed by atoms with van der Waals surface area (Å²) in [6.45, 7) is 0. The average Bonchev–Trinajstić information content (AvgIpc) is 3.07. The fourth-order valence-electron chi connectivity index (χ4n) is 3.50. The molecule has 0 saturated heterocycles. The summed E-state index contributed by atoms with van der Waals surface area (Å²) in [6.07, 6.45) is 2.76. The molecule has 6 heteroatoms. The van der Waals surface area contributed by atoms with Crippen molar-refractivity contribution in [1.82, 2.24) is 15.5 Å². The van der Waals surface area contributed by atoms with Crippen molar-refractivity contribution < 1.29 is 14.3 Å². The normalized spacial score (nSPS) is 20.2. The van der Waals surface area contributed by atoms with E-state index in [9.17, 15) is 14.3 Å². The standard InChI is InChI=1S/C20H20FN3O2/c21-14-3-1-2-12(10-14)19-17-11-13(4-9-18(17)23-24-19)20(26)22-15-5-7-16(25)8-6-15/h1-4,9-11,15-16,25H,5-8H2,(H,22,26)(H,23,24). The third-order valence-electron chi connectivity index (χ3n) is 4.96. The van der Waals surface area contributed by atoms with Gasteiger partial charge >= 0.3 is 0 Å². The zero-order chi connectivity index (χ0) is 18.1. The van der Waals surface area contributed by atoms with Gasteiger partial charge in [-0.3, -0.25) is 9.89 Å². The number of carbonyl (C=O) groups is 1. The van der Waals surface area contributed by atoms with E-state index in [2.05, 4.69) is 15.5 Å². The second-order valence-corrected chi connectivity index (χ2v) is 6.82. The number of halogens is 1. The summed E-state index contributed by atoms with van der Waals surface area (Å²) < 4.78 is 13.5. The van der Waals surface area contributed by atoms with Gasteiger partial charge in [0.2, 0.25) is 0 Å². The Morgan fingerprint density at radius 2 is 1.96 bits per heavy atom. The van der Waals surface area contributed by atoms with Crippen LogP contribution >= 0.6 is 0 Å². The van der Waals surface area contributed by atoms with Crippen molar-refractivity contribution in [2.75, 3.05) is 0 Å². The maximum atomic E-state index is 13.5. The van der Waals surface area contributed by atoms with Gasteiger partial charge in [0.25, 0.3) is 5.91 Å². The number of amides is 1. The molecule has 134 valence electrons. The quantitative estimate of drug-likeness (QED) is 0.675. The number of hydrogen-bond donors (Lipinski definition) is 3. The van der Waals surface area contributed by atoms with E-state index in [0.717, 1.165) is 36.6 Å². The van der Waals surface area contributed by atoms with Crippen LogP contribution in [0.1, 0.15) is 36.0 Å². The molecule has 0 bridgehead atoms. The molecule has 5 nitrogen and oxygen atoms in total. The maximum Gasteiger partial charge on any atom is 0.251 e. The third-order valence-corrected chi connectivity index (χ3v) is 4.96. The second-order valence-electron chi connectivity index (χ2n) is 6.82. The minimum atomic E-state index is -0.327. The van der Waals surface area contributed by atoms with E-state index in [1.165, 1.54) is 12.1 Å². The number of aliphatic hydroxyl groups excluding tert-OH is 1. The van der Waals surface area contributed by atoms with E-state index in [4.69, 9.17) is 0 Å². The molecule has 1 amide bonds. The third kappa shape index (κ3) is 3.32. The Bertz CT molecular complexity index is 945. The van der Waals surface area contributed by atoms with Gasteiger partial charge in [0.15, 0.2) is 0 Å². The predicted octanol–water partition coefficient (Wildman–Crippen LogP) is 3.40. The molecule has 0 spiro atoms. The smallest absolute Gasteiger partial charge is 0.251 e. The molecule has 3 N–H and O–H groups in total. The molecule has 1 aromatic heterocycles. The van der Waals surface area contributed by atoms with Crippen LogP contribution in [0.3, 0.4) is 0 Å². The molecule has 0 radical (unpaired) electrons. The molecule has 0 unspecified atom stereocenters. The van der Waals surface area contributed by atoms with Crippen molar-refractivity contribution in [3.8, 4) is 11.3 Å². The summed E-state index contributed by atoms with van der Waals surface area (Å²) >= 11 is 0. The molecule has 2 aromatic carbocycles. The van der Waals surface area contributed by atoms with Crippen LogP contribution in [0, 0.1) is 5.82 Å².